The van der Waals surface area contributed by atoms with E-state index in [-0.39, 0.29) is 18.1 Å². The molecule has 1 N–H and O–H groups in total. The molecule has 0 amide bonds. The first-order chi connectivity index (χ1) is 7.66. The first-order valence-corrected chi connectivity index (χ1v) is 6.23. The van der Waals surface area contributed by atoms with Crippen LogP contribution >= 0.6 is 0 Å². The maximum absolute atomic E-state index is 10.8. The first kappa shape index (κ1) is 11.0. The molecule has 3 aliphatic heterocycles. The van der Waals surface area contributed by atoms with Crippen molar-refractivity contribution in [1.82, 2.24) is 0 Å². The van der Waals surface area contributed by atoms with Gasteiger partial charge >= 0.3 is 0 Å². The lowest BCUT2D eigenvalue weighted by molar-refractivity contribution is -0.0424. The van der Waals surface area contributed by atoms with Crippen LogP contribution in [0.5, 0.6) is 0 Å². The molecule has 3 heterocycles. The zero-order chi connectivity index (χ0) is 11.2. The summed E-state index contributed by atoms with van der Waals surface area (Å²) in [5.41, 5.74) is -0.631. The summed E-state index contributed by atoms with van der Waals surface area (Å²) in [6.07, 6.45) is 3.37. The van der Waals surface area contributed by atoms with E-state index in [0.29, 0.717) is 6.10 Å². The van der Waals surface area contributed by atoms with Gasteiger partial charge in [-0.2, -0.15) is 0 Å². The molecule has 0 saturated carbocycles. The lowest BCUT2D eigenvalue weighted by atomic mass is 9.78. The minimum absolute atomic E-state index is 0.258. The molecule has 0 spiro atoms. The van der Waals surface area contributed by atoms with Crippen LogP contribution in [0.4, 0.5) is 0 Å². The summed E-state index contributed by atoms with van der Waals surface area (Å²) in [6.45, 7) is 4.59. The SMILES string of the molecule is CC(CC1CO1)C(O)(CC1CO1)CC1CO1. The van der Waals surface area contributed by atoms with Gasteiger partial charge in [0.15, 0.2) is 0 Å². The number of hydrogen-bond acceptors (Lipinski definition) is 4. The molecule has 0 aliphatic carbocycles. The molecule has 4 heteroatoms. The maximum atomic E-state index is 10.8. The Hall–Kier alpha value is -0.160. The normalized spacial score (nSPS) is 41.2. The number of aliphatic hydroxyl groups is 1. The van der Waals surface area contributed by atoms with E-state index < -0.39 is 5.60 Å². The number of ether oxygens (including phenoxy) is 3. The van der Waals surface area contributed by atoms with Crippen molar-refractivity contribution >= 4 is 0 Å². The summed E-state index contributed by atoms with van der Waals surface area (Å²) in [4.78, 5) is 0. The smallest absolute Gasteiger partial charge is 0.0837 e. The molecule has 0 bridgehead atoms. The fourth-order valence-corrected chi connectivity index (χ4v) is 2.46. The third-order valence-electron chi connectivity index (χ3n) is 3.90. The highest BCUT2D eigenvalue weighted by Crippen LogP contribution is 2.39. The van der Waals surface area contributed by atoms with Gasteiger partial charge in [0.25, 0.3) is 0 Å². The molecule has 0 aromatic carbocycles. The van der Waals surface area contributed by atoms with E-state index in [1.807, 2.05) is 0 Å². The van der Waals surface area contributed by atoms with Crippen LogP contribution in [0.1, 0.15) is 26.2 Å². The van der Waals surface area contributed by atoms with Crippen LogP contribution in [0.2, 0.25) is 0 Å². The summed E-state index contributed by atoms with van der Waals surface area (Å²) in [5.74, 6) is 0.258. The standard InChI is InChI=1S/C12H20O4/c1-8(2-9-5-14-9)12(13,3-10-6-15-10)4-11-7-16-11/h8-11,13H,2-7H2,1H3. The van der Waals surface area contributed by atoms with Crippen molar-refractivity contribution in [1.29, 1.82) is 0 Å². The molecular formula is C12H20O4. The molecule has 0 aromatic rings. The molecule has 4 nitrogen and oxygen atoms in total. The topological polar surface area (TPSA) is 57.8 Å². The summed E-state index contributed by atoms with van der Waals surface area (Å²) in [5, 5.41) is 10.8. The highest BCUT2D eigenvalue weighted by Gasteiger charge is 2.45. The van der Waals surface area contributed by atoms with Crippen molar-refractivity contribution in [3.63, 3.8) is 0 Å². The second kappa shape index (κ2) is 3.95. The third kappa shape index (κ3) is 2.74. The Morgan fingerprint density at radius 1 is 1.06 bits per heavy atom. The van der Waals surface area contributed by atoms with Gasteiger partial charge in [0.2, 0.25) is 0 Å². The van der Waals surface area contributed by atoms with Crippen molar-refractivity contribution in [2.75, 3.05) is 19.8 Å². The van der Waals surface area contributed by atoms with Crippen molar-refractivity contribution in [3.8, 4) is 0 Å². The van der Waals surface area contributed by atoms with E-state index in [0.717, 1.165) is 39.1 Å². The second-order valence-electron chi connectivity index (χ2n) is 5.51. The van der Waals surface area contributed by atoms with Gasteiger partial charge in [-0.15, -0.1) is 0 Å². The van der Waals surface area contributed by atoms with Crippen LogP contribution < -0.4 is 0 Å². The Labute approximate surface area is 95.9 Å². The van der Waals surface area contributed by atoms with Crippen LogP contribution in [0, 0.1) is 5.92 Å². The van der Waals surface area contributed by atoms with Crippen LogP contribution in [0.25, 0.3) is 0 Å². The zero-order valence-corrected chi connectivity index (χ0v) is 9.72. The number of rotatable bonds is 7. The van der Waals surface area contributed by atoms with Crippen LogP contribution in [0.3, 0.4) is 0 Å². The van der Waals surface area contributed by atoms with E-state index in [1.54, 1.807) is 0 Å². The number of epoxide rings is 3. The van der Waals surface area contributed by atoms with Crippen LogP contribution in [-0.4, -0.2) is 48.8 Å². The van der Waals surface area contributed by atoms with Gasteiger partial charge in [0.1, 0.15) is 0 Å². The van der Waals surface area contributed by atoms with Crippen molar-refractivity contribution in [3.05, 3.63) is 0 Å². The van der Waals surface area contributed by atoms with E-state index in [4.69, 9.17) is 14.2 Å². The Bertz CT molecular complexity index is 242. The highest BCUT2D eigenvalue weighted by molar-refractivity contribution is 4.95. The Morgan fingerprint density at radius 3 is 1.88 bits per heavy atom. The van der Waals surface area contributed by atoms with Crippen molar-refractivity contribution < 1.29 is 19.3 Å². The molecule has 3 aliphatic rings. The van der Waals surface area contributed by atoms with Crippen LogP contribution in [0.15, 0.2) is 0 Å². The molecule has 0 radical (unpaired) electrons. The van der Waals surface area contributed by atoms with Gasteiger partial charge in [0, 0.05) is 12.8 Å². The maximum Gasteiger partial charge on any atom is 0.0837 e. The third-order valence-corrected chi connectivity index (χ3v) is 3.90. The Balaban J connectivity index is 1.59. The Morgan fingerprint density at radius 2 is 1.50 bits per heavy atom. The van der Waals surface area contributed by atoms with Crippen molar-refractivity contribution in [2.45, 2.75) is 50.1 Å². The summed E-state index contributed by atoms with van der Waals surface area (Å²) < 4.78 is 15.7. The average Bonchev–Trinajstić information content (AvgIpc) is 3.06. The van der Waals surface area contributed by atoms with Crippen molar-refractivity contribution in [2.24, 2.45) is 5.92 Å². The second-order valence-corrected chi connectivity index (χ2v) is 5.51. The predicted octanol–water partition coefficient (Wildman–Crippen LogP) is 0.720. The lowest BCUT2D eigenvalue weighted by Gasteiger charge is -2.33. The summed E-state index contributed by atoms with van der Waals surface area (Å²) in [7, 11) is 0. The minimum Gasteiger partial charge on any atom is -0.389 e. The fraction of sp³-hybridized carbons (Fsp3) is 1.00. The molecule has 92 valence electrons. The number of hydrogen-bond donors (Lipinski definition) is 1. The minimum atomic E-state index is -0.631. The first-order valence-electron chi connectivity index (χ1n) is 6.23. The molecule has 3 rings (SSSR count). The lowest BCUT2D eigenvalue weighted by Crippen LogP contribution is -2.40. The molecule has 4 atom stereocenters. The quantitative estimate of drug-likeness (QED) is 0.652. The van der Waals surface area contributed by atoms with Gasteiger partial charge in [-0.25, -0.2) is 0 Å². The Kier molecular flexibility index (Phi) is 2.70. The molecule has 16 heavy (non-hydrogen) atoms. The monoisotopic (exact) mass is 228 g/mol. The van der Waals surface area contributed by atoms with Gasteiger partial charge in [-0.1, -0.05) is 6.92 Å². The largest absolute Gasteiger partial charge is 0.389 e. The van der Waals surface area contributed by atoms with E-state index in [1.165, 1.54) is 0 Å². The fourth-order valence-electron chi connectivity index (χ4n) is 2.46. The molecule has 3 saturated heterocycles. The van der Waals surface area contributed by atoms with E-state index in [2.05, 4.69) is 6.92 Å². The van der Waals surface area contributed by atoms with E-state index >= 15 is 0 Å². The summed E-state index contributed by atoms with van der Waals surface area (Å²) in [6, 6.07) is 0. The van der Waals surface area contributed by atoms with Crippen LogP contribution in [-0.2, 0) is 14.2 Å². The average molecular weight is 228 g/mol. The highest BCUT2D eigenvalue weighted by atomic mass is 16.6. The molecule has 0 aromatic heterocycles. The van der Waals surface area contributed by atoms with Gasteiger partial charge < -0.3 is 19.3 Å². The predicted molar refractivity (Wildman–Crippen MR) is 57.2 cm³/mol. The zero-order valence-electron chi connectivity index (χ0n) is 9.72. The van der Waals surface area contributed by atoms with Gasteiger partial charge in [-0.3, -0.25) is 0 Å². The van der Waals surface area contributed by atoms with Gasteiger partial charge in [0.05, 0.1) is 43.7 Å². The molecule has 4 unspecified atom stereocenters. The summed E-state index contributed by atoms with van der Waals surface area (Å²) >= 11 is 0. The van der Waals surface area contributed by atoms with Gasteiger partial charge in [-0.05, 0) is 12.3 Å². The molecule has 3 fully saturated rings. The molecular weight excluding hydrogens is 208 g/mol. The van der Waals surface area contributed by atoms with E-state index in [9.17, 15) is 5.11 Å².